The van der Waals surface area contributed by atoms with Gasteiger partial charge in [-0.2, -0.15) is 0 Å². The van der Waals surface area contributed by atoms with Gasteiger partial charge in [-0.05, 0) is 50.9 Å². The molecule has 10 nitrogen and oxygen atoms in total. The molecule has 3 fully saturated rings. The summed E-state index contributed by atoms with van der Waals surface area (Å²) in [4.78, 5) is 64.1. The second-order valence-corrected chi connectivity index (χ2v) is 11.0. The van der Waals surface area contributed by atoms with Crippen LogP contribution in [-0.4, -0.2) is 70.3 Å². The summed E-state index contributed by atoms with van der Waals surface area (Å²) in [5.74, 6) is -2.27. The molecule has 4 amide bonds. The molecule has 2 unspecified atom stereocenters. The third-order valence-electron chi connectivity index (χ3n) is 7.60. The average molecular weight is 519 g/mol. The van der Waals surface area contributed by atoms with Crippen molar-refractivity contribution in [3.8, 4) is 0 Å². The molecule has 0 spiro atoms. The predicted octanol–water partition coefficient (Wildman–Crippen LogP) is 2.38. The minimum Gasteiger partial charge on any atom is -0.479 e. The number of carboxylic acids is 1. The van der Waals surface area contributed by atoms with Gasteiger partial charge in [-0.25, -0.2) is 9.59 Å². The molecule has 2 saturated carbocycles. The van der Waals surface area contributed by atoms with E-state index in [0.717, 1.165) is 38.5 Å². The molecule has 10 heteroatoms. The van der Waals surface area contributed by atoms with E-state index in [1.54, 1.807) is 0 Å². The lowest BCUT2D eigenvalue weighted by Crippen LogP contribution is -2.55. The molecule has 0 bridgehead atoms. The highest BCUT2D eigenvalue weighted by molar-refractivity contribution is 5.96. The van der Waals surface area contributed by atoms with Gasteiger partial charge in [0.15, 0.2) is 5.78 Å². The largest absolute Gasteiger partial charge is 0.479 e. The number of rotatable bonds is 14. The summed E-state index contributed by atoms with van der Waals surface area (Å²) in [6.07, 6.45) is 11.1. The van der Waals surface area contributed by atoms with Crippen LogP contribution < -0.4 is 16.0 Å². The van der Waals surface area contributed by atoms with Gasteiger partial charge in [-0.3, -0.25) is 14.4 Å². The van der Waals surface area contributed by atoms with E-state index in [-0.39, 0.29) is 30.1 Å². The number of nitrogens with zero attached hydrogens (tertiary/aromatic N) is 1. The molecular weight excluding hydrogens is 476 g/mol. The summed E-state index contributed by atoms with van der Waals surface area (Å²) in [7, 11) is 0. The Labute approximate surface area is 219 Å². The van der Waals surface area contributed by atoms with Crippen LogP contribution in [0.4, 0.5) is 4.79 Å². The van der Waals surface area contributed by atoms with Crippen molar-refractivity contribution >= 4 is 29.6 Å². The maximum atomic E-state index is 13.1. The zero-order valence-electron chi connectivity index (χ0n) is 22.3. The van der Waals surface area contributed by atoms with Crippen molar-refractivity contribution in [2.24, 2.45) is 17.8 Å². The number of carbonyl (C=O) groups excluding carboxylic acids is 4. The quantitative estimate of drug-likeness (QED) is 0.205. The Morgan fingerprint density at radius 2 is 1.84 bits per heavy atom. The second kappa shape index (κ2) is 12.6. The molecule has 2 aliphatic carbocycles. The molecule has 3 rings (SSSR count). The van der Waals surface area contributed by atoms with Crippen LogP contribution in [0.15, 0.2) is 12.2 Å². The Hall–Kier alpha value is -2.91. The molecular formula is C27H42N4O6. The lowest BCUT2D eigenvalue weighted by atomic mass is 9.97. The Morgan fingerprint density at radius 3 is 2.46 bits per heavy atom. The Balaban J connectivity index is 1.50. The van der Waals surface area contributed by atoms with Crippen molar-refractivity contribution in [3.05, 3.63) is 12.2 Å². The SMILES string of the molecule is CCCCC/C=C\C1C[C@]1(NC(=O)C1CCCN1C(=O)CNC(=O)N[C@H](C(=O)C1CC1)C(C)C)C(=O)O. The molecule has 3 aliphatic rings. The predicted molar refractivity (Wildman–Crippen MR) is 138 cm³/mol. The number of urea groups is 1. The molecule has 0 aromatic heterocycles. The van der Waals surface area contributed by atoms with Crippen molar-refractivity contribution < 1.29 is 29.1 Å². The third kappa shape index (κ3) is 7.32. The molecule has 0 aromatic carbocycles. The molecule has 1 aliphatic heterocycles. The van der Waals surface area contributed by atoms with Crippen molar-refractivity contribution in [1.82, 2.24) is 20.9 Å². The number of amides is 4. The first-order valence-corrected chi connectivity index (χ1v) is 13.7. The summed E-state index contributed by atoms with van der Waals surface area (Å²) in [5.41, 5.74) is -1.33. The highest BCUT2D eigenvalue weighted by Crippen LogP contribution is 2.45. The maximum Gasteiger partial charge on any atom is 0.330 e. The van der Waals surface area contributed by atoms with Gasteiger partial charge >= 0.3 is 12.0 Å². The highest BCUT2D eigenvalue weighted by Gasteiger charge is 2.61. The number of nitrogens with one attached hydrogen (secondary N) is 3. The molecule has 0 aromatic rings. The highest BCUT2D eigenvalue weighted by atomic mass is 16.4. The molecule has 4 N–H and O–H groups in total. The van der Waals surface area contributed by atoms with Crippen LogP contribution in [0.1, 0.15) is 78.6 Å². The fraction of sp³-hybridized carbons (Fsp3) is 0.741. The number of allylic oxidation sites excluding steroid dienone is 1. The number of carbonyl (C=O) groups is 5. The number of unbranched alkanes of at least 4 members (excludes halogenated alkanes) is 3. The number of likely N-dealkylation sites (tertiary alicyclic amines) is 1. The fourth-order valence-corrected chi connectivity index (χ4v) is 5.01. The Morgan fingerprint density at radius 1 is 1.11 bits per heavy atom. The van der Waals surface area contributed by atoms with Gasteiger partial charge in [0.25, 0.3) is 0 Å². The minimum atomic E-state index is -1.33. The van der Waals surface area contributed by atoms with E-state index in [9.17, 15) is 29.1 Å². The third-order valence-corrected chi connectivity index (χ3v) is 7.60. The van der Waals surface area contributed by atoms with E-state index >= 15 is 0 Å². The van der Waals surface area contributed by atoms with E-state index in [2.05, 4.69) is 22.9 Å². The number of carboxylic acid groups (broad SMARTS) is 1. The molecule has 4 atom stereocenters. The van der Waals surface area contributed by atoms with Gasteiger partial charge in [-0.1, -0.05) is 45.8 Å². The monoisotopic (exact) mass is 518 g/mol. The summed E-state index contributed by atoms with van der Waals surface area (Å²) < 4.78 is 0. The van der Waals surface area contributed by atoms with Gasteiger partial charge in [0.1, 0.15) is 11.6 Å². The molecule has 1 saturated heterocycles. The maximum absolute atomic E-state index is 13.1. The van der Waals surface area contributed by atoms with Crippen molar-refractivity contribution in [2.45, 2.75) is 96.2 Å². The Bertz CT molecular complexity index is 915. The normalized spacial score (nSPS) is 25.7. The van der Waals surface area contributed by atoms with Crippen molar-refractivity contribution in [2.75, 3.05) is 13.1 Å². The fourth-order valence-electron chi connectivity index (χ4n) is 5.01. The smallest absolute Gasteiger partial charge is 0.330 e. The van der Waals surface area contributed by atoms with Crippen LogP contribution in [0.2, 0.25) is 0 Å². The van der Waals surface area contributed by atoms with Crippen LogP contribution in [0, 0.1) is 17.8 Å². The number of aliphatic carboxylic acids is 1. The van der Waals surface area contributed by atoms with Crippen LogP contribution in [0.25, 0.3) is 0 Å². The number of Topliss-reactive ketones (excluding diaryl/α,β-unsaturated/α-hetero) is 1. The van der Waals surface area contributed by atoms with Gasteiger partial charge in [0.05, 0.1) is 12.6 Å². The van der Waals surface area contributed by atoms with Gasteiger partial charge in [0, 0.05) is 18.4 Å². The average Bonchev–Trinajstić information content (AvgIpc) is 3.77. The van der Waals surface area contributed by atoms with E-state index in [1.807, 2.05) is 26.0 Å². The first-order chi connectivity index (χ1) is 17.6. The summed E-state index contributed by atoms with van der Waals surface area (Å²) >= 11 is 0. The van der Waals surface area contributed by atoms with Crippen molar-refractivity contribution in [3.63, 3.8) is 0 Å². The lowest BCUT2D eigenvalue weighted by Gasteiger charge is -2.26. The summed E-state index contributed by atoms with van der Waals surface area (Å²) in [5, 5.41) is 17.7. The van der Waals surface area contributed by atoms with Crippen LogP contribution >= 0.6 is 0 Å². The van der Waals surface area contributed by atoms with Crippen LogP contribution in [0.5, 0.6) is 0 Å². The minimum absolute atomic E-state index is 0.00918. The van der Waals surface area contributed by atoms with Gasteiger partial charge in [-0.15, -0.1) is 0 Å². The number of hydrogen-bond acceptors (Lipinski definition) is 5. The molecule has 37 heavy (non-hydrogen) atoms. The first-order valence-electron chi connectivity index (χ1n) is 13.7. The van der Waals surface area contributed by atoms with E-state index in [1.165, 1.54) is 4.90 Å². The lowest BCUT2D eigenvalue weighted by molar-refractivity contribution is -0.145. The topological polar surface area (TPSA) is 145 Å². The Kier molecular flexibility index (Phi) is 9.73. The number of hydrogen-bond donors (Lipinski definition) is 4. The first kappa shape index (κ1) is 28.7. The van der Waals surface area contributed by atoms with E-state index in [0.29, 0.717) is 25.8 Å². The van der Waals surface area contributed by atoms with Gasteiger partial charge in [0.2, 0.25) is 11.8 Å². The van der Waals surface area contributed by atoms with Gasteiger partial charge < -0.3 is 26.0 Å². The molecule has 206 valence electrons. The summed E-state index contributed by atoms with van der Waals surface area (Å²) in [6.45, 7) is 5.89. The van der Waals surface area contributed by atoms with E-state index in [4.69, 9.17) is 0 Å². The zero-order valence-corrected chi connectivity index (χ0v) is 22.3. The summed E-state index contributed by atoms with van der Waals surface area (Å²) in [6, 6.07) is -1.98. The van der Waals surface area contributed by atoms with Crippen LogP contribution in [-0.2, 0) is 19.2 Å². The standard InChI is InChI=1S/C27H42N4O6/c1-4-5-6-7-8-10-19-15-27(19,25(35)36)30-24(34)20-11-9-14-31(20)21(32)16-28-26(37)29-22(17(2)3)23(33)18-12-13-18/h8,10,17-20,22H,4-7,9,11-16H2,1-3H3,(H,30,34)(H,35,36)(H2,28,29,37)/b10-8-/t19?,20?,22-,27+/m0/s1. The van der Waals surface area contributed by atoms with Crippen LogP contribution in [0.3, 0.4) is 0 Å². The zero-order chi connectivity index (χ0) is 27.2. The molecule has 0 radical (unpaired) electrons. The van der Waals surface area contributed by atoms with Crippen molar-refractivity contribution in [1.29, 1.82) is 0 Å². The second-order valence-electron chi connectivity index (χ2n) is 11.0. The molecule has 1 heterocycles. The number of ketones is 1. The van der Waals surface area contributed by atoms with E-state index < -0.39 is 41.4 Å².